The number of amides is 1. The van der Waals surface area contributed by atoms with Crippen molar-refractivity contribution in [2.45, 2.75) is 88.9 Å². The number of aliphatic imine (C=N–C) groups is 1. The fraction of sp³-hybridized carbons (Fsp3) is 0.448. The number of carbonyl (C=O) groups excluding carboxylic acids is 1. The number of nitrogens with one attached hydrogen (secondary N) is 2. The number of hydrogen-bond donors (Lipinski definition) is 2. The van der Waals surface area contributed by atoms with E-state index in [9.17, 15) is 13.2 Å². The molecule has 9 heteroatoms. The Labute approximate surface area is 225 Å². The molecule has 0 radical (unpaired) electrons. The number of carbonyl (C=O) groups is 1. The first-order chi connectivity index (χ1) is 18.2. The van der Waals surface area contributed by atoms with E-state index in [-0.39, 0.29) is 10.8 Å². The monoisotopic (exact) mass is 536 g/mol. The maximum Gasteiger partial charge on any atom is 0.256 e. The highest BCUT2D eigenvalue weighted by molar-refractivity contribution is 7.89. The number of allylic oxidation sites excluding steroid dienone is 1. The van der Waals surface area contributed by atoms with Crippen molar-refractivity contribution < 1.29 is 18.0 Å². The van der Waals surface area contributed by atoms with Crippen LogP contribution in [0, 0.1) is 0 Å². The van der Waals surface area contributed by atoms with E-state index < -0.39 is 21.7 Å². The van der Waals surface area contributed by atoms with E-state index in [1.54, 1.807) is 25.1 Å². The third-order valence-electron chi connectivity index (χ3n) is 7.86. The summed E-state index contributed by atoms with van der Waals surface area (Å²) in [6, 6.07) is 14.7. The number of amidine groups is 1. The fourth-order valence-electron chi connectivity index (χ4n) is 5.46. The van der Waals surface area contributed by atoms with Crippen LogP contribution in [-0.2, 0) is 26.2 Å². The van der Waals surface area contributed by atoms with Gasteiger partial charge in [0.05, 0.1) is 11.4 Å². The Hall–Kier alpha value is -3.01. The van der Waals surface area contributed by atoms with Gasteiger partial charge in [-0.3, -0.25) is 14.7 Å². The van der Waals surface area contributed by atoms with Crippen molar-refractivity contribution in [1.82, 2.24) is 15.1 Å². The summed E-state index contributed by atoms with van der Waals surface area (Å²) in [5, 5.41) is 0. The third-order valence-corrected chi connectivity index (χ3v) is 9.34. The minimum absolute atomic E-state index is 0.136. The molecular weight excluding hydrogens is 500 g/mol. The summed E-state index contributed by atoms with van der Waals surface area (Å²) >= 11 is 0. The summed E-state index contributed by atoms with van der Waals surface area (Å²) in [5.74, 6) is 1.70. The van der Waals surface area contributed by atoms with Crippen molar-refractivity contribution in [3.8, 4) is 11.1 Å². The lowest BCUT2D eigenvalue weighted by Crippen LogP contribution is -2.42. The van der Waals surface area contributed by atoms with Crippen LogP contribution in [0.15, 0.2) is 69.8 Å². The lowest BCUT2D eigenvalue weighted by molar-refractivity contribution is -0.131. The first kappa shape index (κ1) is 26.6. The van der Waals surface area contributed by atoms with Crippen molar-refractivity contribution in [2.75, 3.05) is 0 Å². The van der Waals surface area contributed by atoms with Crippen LogP contribution in [0.4, 0.5) is 0 Å². The van der Waals surface area contributed by atoms with E-state index in [2.05, 4.69) is 17.1 Å². The van der Waals surface area contributed by atoms with Gasteiger partial charge in [0.25, 0.3) is 5.91 Å². The molecule has 1 amide bonds. The molecule has 2 N–H and O–H groups in total. The molecular formula is C29H36N4O4S. The van der Waals surface area contributed by atoms with Gasteiger partial charge in [-0.1, -0.05) is 68.7 Å². The minimum Gasteiger partial charge on any atom is -0.412 e. The summed E-state index contributed by atoms with van der Waals surface area (Å²) in [4.78, 5) is 25.8. The molecule has 1 fully saturated rings. The normalized spacial score (nSPS) is 20.9. The van der Waals surface area contributed by atoms with Crippen LogP contribution < -0.4 is 10.2 Å². The topological polar surface area (TPSA) is 100 Å². The lowest BCUT2D eigenvalue weighted by atomic mass is 9.98. The van der Waals surface area contributed by atoms with Crippen molar-refractivity contribution in [3.63, 3.8) is 0 Å². The first-order valence-electron chi connectivity index (χ1n) is 13.5. The molecule has 0 unspecified atom stereocenters. The average Bonchev–Trinajstić information content (AvgIpc) is 3.59. The Kier molecular flexibility index (Phi) is 7.44. The smallest absolute Gasteiger partial charge is 0.256 e. The van der Waals surface area contributed by atoms with E-state index in [4.69, 9.17) is 9.83 Å². The van der Waals surface area contributed by atoms with Crippen LogP contribution in [-0.4, -0.2) is 36.8 Å². The number of unbranched alkanes of at least 4 members (excludes halogenated alkanes) is 1. The van der Waals surface area contributed by atoms with Gasteiger partial charge in [0, 0.05) is 17.6 Å². The van der Waals surface area contributed by atoms with Gasteiger partial charge < -0.3 is 4.84 Å². The molecule has 3 aliphatic rings. The number of sulfonamides is 1. The summed E-state index contributed by atoms with van der Waals surface area (Å²) < 4.78 is 29.3. The molecule has 1 atom stereocenters. The Balaban J connectivity index is 1.36. The zero-order valence-corrected chi connectivity index (χ0v) is 23.1. The van der Waals surface area contributed by atoms with Gasteiger partial charge in [-0.15, -0.1) is 5.48 Å². The summed E-state index contributed by atoms with van der Waals surface area (Å²) in [6.45, 7) is 6.23. The predicted octanol–water partition coefficient (Wildman–Crippen LogP) is 5.03. The van der Waals surface area contributed by atoms with E-state index in [1.807, 2.05) is 42.2 Å². The molecule has 202 valence electrons. The molecule has 2 aromatic carbocycles. The van der Waals surface area contributed by atoms with E-state index >= 15 is 0 Å². The Morgan fingerprint density at radius 3 is 2.47 bits per heavy atom. The van der Waals surface area contributed by atoms with Crippen molar-refractivity contribution >= 4 is 21.8 Å². The second-order valence-electron chi connectivity index (χ2n) is 10.5. The maximum atomic E-state index is 13.5. The molecule has 2 aromatic rings. The van der Waals surface area contributed by atoms with E-state index in [0.29, 0.717) is 17.9 Å². The molecule has 0 saturated heterocycles. The largest absolute Gasteiger partial charge is 0.412 e. The van der Waals surface area contributed by atoms with Crippen LogP contribution in [0.1, 0.15) is 71.3 Å². The minimum atomic E-state index is -3.84. The van der Waals surface area contributed by atoms with Gasteiger partial charge in [0.2, 0.25) is 10.0 Å². The van der Waals surface area contributed by atoms with Crippen molar-refractivity contribution in [2.24, 2.45) is 4.99 Å². The highest BCUT2D eigenvalue weighted by Crippen LogP contribution is 2.40. The molecule has 0 bridgehead atoms. The van der Waals surface area contributed by atoms with Gasteiger partial charge in [0.15, 0.2) is 0 Å². The number of hydrogen-bond acceptors (Lipinski definition) is 6. The molecule has 5 rings (SSSR count). The lowest BCUT2D eigenvalue weighted by Gasteiger charge is -2.23. The maximum absolute atomic E-state index is 13.5. The van der Waals surface area contributed by atoms with Gasteiger partial charge in [0.1, 0.15) is 23.3 Å². The Morgan fingerprint density at radius 1 is 1.11 bits per heavy atom. The summed E-state index contributed by atoms with van der Waals surface area (Å²) in [5.41, 5.74) is 5.34. The second-order valence-corrected chi connectivity index (χ2v) is 12.2. The van der Waals surface area contributed by atoms with Gasteiger partial charge in [-0.25, -0.2) is 8.42 Å². The zero-order chi connectivity index (χ0) is 26.9. The molecule has 0 aromatic heterocycles. The average molecular weight is 537 g/mol. The molecule has 1 spiro atoms. The Bertz CT molecular complexity index is 1380. The zero-order valence-electron chi connectivity index (χ0n) is 22.3. The molecule has 1 aliphatic carbocycles. The van der Waals surface area contributed by atoms with E-state index in [0.717, 1.165) is 67.5 Å². The summed E-state index contributed by atoms with van der Waals surface area (Å²) in [6.07, 6.45) is 6.04. The number of nitrogens with zero attached hydrogens (tertiary/aromatic N) is 2. The Morgan fingerprint density at radius 2 is 1.82 bits per heavy atom. The van der Waals surface area contributed by atoms with Gasteiger partial charge >= 0.3 is 0 Å². The van der Waals surface area contributed by atoms with Crippen LogP contribution in [0.25, 0.3) is 11.1 Å². The first-order valence-corrected chi connectivity index (χ1v) is 14.9. The number of rotatable bonds is 9. The SMILES string of the molecule is CCCCC1=NC2(CCCC2)C(=O)N1Cc1ccc(-c2ccccc2S(=O)(=O)N[C@H]2NOC(C)=C2C)cc1. The second kappa shape index (κ2) is 10.6. The van der Waals surface area contributed by atoms with Crippen LogP contribution in [0.5, 0.6) is 0 Å². The highest BCUT2D eigenvalue weighted by Gasteiger charge is 2.49. The fourth-order valence-corrected chi connectivity index (χ4v) is 6.86. The number of benzene rings is 2. The number of hydroxylamine groups is 1. The molecule has 2 aliphatic heterocycles. The standard InChI is InChI=1S/C29H36N4O4S/c1-4-5-12-26-30-29(17-8-9-18-29)28(34)33(26)19-22-13-15-23(16-14-22)24-10-6-7-11-25(24)38(35,36)32-27-20(2)21(3)37-31-27/h6-7,10-11,13-16,27,31-32H,4-5,8-9,12,17-19H2,1-3H3/t27-/m1/s1. The van der Waals surface area contributed by atoms with Gasteiger partial charge in [-0.2, -0.15) is 4.72 Å². The van der Waals surface area contributed by atoms with Crippen LogP contribution in [0.3, 0.4) is 0 Å². The quantitative estimate of drug-likeness (QED) is 0.468. The molecule has 8 nitrogen and oxygen atoms in total. The third kappa shape index (κ3) is 5.02. The molecule has 2 heterocycles. The van der Waals surface area contributed by atoms with E-state index in [1.165, 1.54) is 0 Å². The van der Waals surface area contributed by atoms with Gasteiger partial charge in [-0.05, 0) is 50.3 Å². The van der Waals surface area contributed by atoms with Crippen LogP contribution >= 0.6 is 0 Å². The highest BCUT2D eigenvalue weighted by atomic mass is 32.2. The molecule has 1 saturated carbocycles. The van der Waals surface area contributed by atoms with Crippen LogP contribution in [0.2, 0.25) is 0 Å². The predicted molar refractivity (Wildman–Crippen MR) is 147 cm³/mol. The van der Waals surface area contributed by atoms with Crippen molar-refractivity contribution in [1.29, 1.82) is 0 Å². The summed E-state index contributed by atoms with van der Waals surface area (Å²) in [7, 11) is -3.84. The van der Waals surface area contributed by atoms with Crippen molar-refractivity contribution in [3.05, 3.63) is 65.4 Å². The molecule has 38 heavy (non-hydrogen) atoms.